The Hall–Kier alpha value is -2.03. The van der Waals surface area contributed by atoms with Crippen LogP contribution in [0.2, 0.25) is 0 Å². The van der Waals surface area contributed by atoms with E-state index >= 15 is 0 Å². The van der Waals surface area contributed by atoms with Crippen molar-refractivity contribution >= 4 is 12.3 Å². The van der Waals surface area contributed by atoms with Crippen LogP contribution in [0.3, 0.4) is 0 Å². The smallest absolute Gasteiger partial charge is 0.261 e. The van der Waals surface area contributed by atoms with Crippen LogP contribution in [0.25, 0.3) is 4.85 Å². The van der Waals surface area contributed by atoms with Crippen molar-refractivity contribution in [2.75, 3.05) is 0 Å². The predicted molar refractivity (Wildman–Crippen MR) is 105 cm³/mol. The number of nitrogens with zero attached hydrogens (tertiary/aromatic N) is 2. The Labute approximate surface area is 169 Å². The number of aryl methyl sites for hydroxylation is 1. The first-order chi connectivity index (χ1) is 13.6. The van der Waals surface area contributed by atoms with Crippen LogP contribution in [0.1, 0.15) is 56.1 Å². The predicted octanol–water partition coefficient (Wildman–Crippen LogP) is 5.00. The van der Waals surface area contributed by atoms with Crippen LogP contribution in [0.15, 0.2) is 29.5 Å². The minimum atomic E-state index is 0.00748. The van der Waals surface area contributed by atoms with Gasteiger partial charge >= 0.3 is 0 Å². The highest BCUT2D eigenvalue weighted by atomic mass is 32.2. The van der Waals surface area contributed by atoms with Gasteiger partial charge in [-0.15, -0.1) is 9.32 Å². The largest absolute Gasteiger partial charge is 0.399 e. The van der Waals surface area contributed by atoms with Gasteiger partial charge < -0.3 is 4.18 Å². The number of nitriles is 1. The molecule has 4 rings (SSSR count). The van der Waals surface area contributed by atoms with E-state index in [1.54, 1.807) is 0 Å². The van der Waals surface area contributed by atoms with Gasteiger partial charge in [0.05, 0.1) is 12.6 Å². The molecule has 0 aromatic heterocycles. The van der Waals surface area contributed by atoms with Crippen molar-refractivity contribution in [3.05, 3.63) is 52.0 Å². The summed E-state index contributed by atoms with van der Waals surface area (Å²) < 4.78 is 9.92. The summed E-state index contributed by atoms with van der Waals surface area (Å²) in [5.74, 6) is 7.26. The number of hydrogen-bond acceptors (Lipinski definition) is 6. The lowest BCUT2D eigenvalue weighted by molar-refractivity contribution is -0.199. The van der Waals surface area contributed by atoms with Crippen LogP contribution in [-0.4, -0.2) is 0 Å². The fraction of sp³-hybridized carbons (Fsp3) is 0.524. The Kier molecular flexibility index (Phi) is 5.35. The molecule has 2 N–H and O–H groups in total. The van der Waals surface area contributed by atoms with E-state index in [1.165, 1.54) is 11.1 Å². The zero-order valence-electron chi connectivity index (χ0n) is 15.8. The van der Waals surface area contributed by atoms with E-state index in [4.69, 9.17) is 16.7 Å². The van der Waals surface area contributed by atoms with Gasteiger partial charge in [-0.25, -0.2) is 10.1 Å². The molecule has 28 heavy (non-hydrogen) atoms. The van der Waals surface area contributed by atoms with Gasteiger partial charge in [0.1, 0.15) is 5.75 Å². The number of rotatable bonds is 4. The van der Waals surface area contributed by atoms with Crippen molar-refractivity contribution in [2.24, 2.45) is 23.1 Å². The van der Waals surface area contributed by atoms with Crippen molar-refractivity contribution in [3.63, 3.8) is 0 Å². The van der Waals surface area contributed by atoms with Gasteiger partial charge in [-0.3, -0.25) is 0 Å². The first-order valence-electron chi connectivity index (χ1n) is 9.63. The van der Waals surface area contributed by atoms with Crippen LogP contribution < -0.4 is 10.1 Å². The molecule has 4 atom stereocenters. The van der Waals surface area contributed by atoms with E-state index in [0.29, 0.717) is 35.8 Å². The zero-order chi connectivity index (χ0) is 19.7. The van der Waals surface area contributed by atoms with Gasteiger partial charge in [-0.1, -0.05) is 13.0 Å². The topological polar surface area (TPSA) is 81.9 Å². The number of fused-ring (bicyclic) bond motifs is 5. The summed E-state index contributed by atoms with van der Waals surface area (Å²) in [6.07, 6.45) is 6.30. The van der Waals surface area contributed by atoms with Crippen LogP contribution >= 0.6 is 12.3 Å². The molecular weight excluding hydrogens is 374 g/mol. The third-order valence-electron chi connectivity index (χ3n) is 7.18. The first-order valence-corrected chi connectivity index (χ1v) is 10.3. The van der Waals surface area contributed by atoms with E-state index in [9.17, 15) is 5.26 Å². The summed E-state index contributed by atoms with van der Waals surface area (Å²) in [5.41, 5.74) is 4.22. The fourth-order valence-electron chi connectivity index (χ4n) is 6.04. The normalized spacial score (nSPS) is 32.4. The minimum absolute atomic E-state index is 0.00748. The molecule has 6 nitrogen and oxygen atoms in total. The van der Waals surface area contributed by atoms with Gasteiger partial charge in [-0.2, -0.15) is 5.90 Å². The van der Waals surface area contributed by atoms with Gasteiger partial charge in [0.25, 0.3) is 18.0 Å². The number of nitrogens with two attached hydrogens (primary N) is 1. The maximum atomic E-state index is 9.40. The lowest BCUT2D eigenvalue weighted by Crippen LogP contribution is -2.40. The lowest BCUT2D eigenvalue weighted by atomic mass is 9.55. The molecule has 0 bridgehead atoms. The Balaban J connectivity index is 1.59. The second-order valence-electron chi connectivity index (χ2n) is 8.14. The van der Waals surface area contributed by atoms with E-state index in [1.807, 2.05) is 6.07 Å². The SMILES string of the molecule is [C-]#[N+]C(C#N)=C1CCC2C3CCc4cc(OSOON)ccc4C3CCC12C. The molecule has 0 amide bonds. The summed E-state index contributed by atoms with van der Waals surface area (Å²) in [6.45, 7) is 9.68. The highest BCUT2D eigenvalue weighted by Gasteiger charge is 2.53. The highest BCUT2D eigenvalue weighted by Crippen LogP contribution is 2.63. The molecule has 0 radical (unpaired) electrons. The van der Waals surface area contributed by atoms with Gasteiger partial charge in [-0.05, 0) is 90.5 Å². The second kappa shape index (κ2) is 7.77. The summed E-state index contributed by atoms with van der Waals surface area (Å²) in [6, 6.07) is 8.38. The Morgan fingerprint density at radius 1 is 1.36 bits per heavy atom. The summed E-state index contributed by atoms with van der Waals surface area (Å²) >= 11 is 0.696. The molecule has 0 saturated heterocycles. The van der Waals surface area contributed by atoms with E-state index in [2.05, 4.69) is 39.3 Å². The first kappa shape index (κ1) is 19.3. The Morgan fingerprint density at radius 3 is 2.96 bits per heavy atom. The second-order valence-corrected chi connectivity index (χ2v) is 8.58. The monoisotopic (exact) mass is 397 g/mol. The van der Waals surface area contributed by atoms with Crippen molar-refractivity contribution in [1.82, 2.24) is 0 Å². The standard InChI is InChI=1S/C21H23N3O3S/c1-21-10-9-16-15-6-4-14(25-28-27-26-23)11-13(15)3-5-17(16)18(21)7-8-19(21)20(12-22)24-2/h4,6,11,16-18H,3,5,7-10,23H2,1H3. The van der Waals surface area contributed by atoms with Crippen molar-refractivity contribution in [3.8, 4) is 11.8 Å². The molecule has 2 fully saturated rings. The molecule has 0 aliphatic heterocycles. The summed E-state index contributed by atoms with van der Waals surface area (Å²) in [7, 11) is 0. The molecular formula is C21H23N3O3S. The molecule has 3 aliphatic carbocycles. The molecule has 2 saturated carbocycles. The summed E-state index contributed by atoms with van der Waals surface area (Å²) in [5, 5.41) is 9.40. The molecule has 1 aromatic rings. The van der Waals surface area contributed by atoms with E-state index in [0.717, 1.165) is 49.8 Å². The lowest BCUT2D eigenvalue weighted by Gasteiger charge is -2.49. The fourth-order valence-corrected chi connectivity index (χ4v) is 6.28. The van der Waals surface area contributed by atoms with Crippen LogP contribution in [0.5, 0.6) is 5.75 Å². The van der Waals surface area contributed by atoms with Crippen LogP contribution in [-0.2, 0) is 15.7 Å². The molecule has 146 valence electrons. The molecule has 0 heterocycles. The van der Waals surface area contributed by atoms with Crippen LogP contribution in [0.4, 0.5) is 0 Å². The molecule has 7 heteroatoms. The number of allylic oxidation sites excluding steroid dienone is 2. The minimum Gasteiger partial charge on any atom is -0.399 e. The van der Waals surface area contributed by atoms with Crippen molar-refractivity contribution in [1.29, 1.82) is 5.26 Å². The zero-order valence-corrected chi connectivity index (χ0v) is 16.6. The number of benzene rings is 1. The Bertz CT molecular complexity index is 872. The summed E-state index contributed by atoms with van der Waals surface area (Å²) in [4.78, 5) is 7.56. The van der Waals surface area contributed by atoms with Crippen LogP contribution in [0, 0.1) is 35.2 Å². The number of hydrogen-bond donors (Lipinski definition) is 1. The highest BCUT2D eigenvalue weighted by molar-refractivity contribution is 7.90. The van der Waals surface area contributed by atoms with Gasteiger partial charge in [0.2, 0.25) is 0 Å². The Morgan fingerprint density at radius 2 is 2.21 bits per heavy atom. The van der Waals surface area contributed by atoms with Gasteiger partial charge in [0.15, 0.2) is 0 Å². The average molecular weight is 398 g/mol. The maximum absolute atomic E-state index is 9.40. The van der Waals surface area contributed by atoms with E-state index < -0.39 is 0 Å². The van der Waals surface area contributed by atoms with E-state index in [-0.39, 0.29) is 5.41 Å². The molecule has 3 aliphatic rings. The molecule has 4 unspecified atom stereocenters. The van der Waals surface area contributed by atoms with Crippen molar-refractivity contribution < 1.29 is 13.5 Å². The third kappa shape index (κ3) is 3.09. The third-order valence-corrected chi connectivity index (χ3v) is 7.58. The average Bonchev–Trinajstić information content (AvgIpc) is 3.06. The molecule has 1 aromatic carbocycles. The van der Waals surface area contributed by atoms with Gasteiger partial charge in [0, 0.05) is 0 Å². The van der Waals surface area contributed by atoms with Crippen molar-refractivity contribution in [2.45, 2.75) is 51.4 Å². The quantitative estimate of drug-likeness (QED) is 0.192. The maximum Gasteiger partial charge on any atom is 0.261 e. The molecule has 0 spiro atoms.